The number of hydrogen-bond donors (Lipinski definition) is 0. The Morgan fingerprint density at radius 3 is 2.60 bits per heavy atom. The number of anilines is 2. The van der Waals surface area contributed by atoms with E-state index in [2.05, 4.69) is 4.98 Å². The molecule has 0 saturated carbocycles. The van der Waals surface area contributed by atoms with Gasteiger partial charge in [-0.3, -0.25) is 13.9 Å². The van der Waals surface area contributed by atoms with Crippen molar-refractivity contribution in [2.24, 2.45) is 7.05 Å². The molecule has 2 aromatic carbocycles. The lowest BCUT2D eigenvalue weighted by Gasteiger charge is -2.16. The molecule has 0 radical (unpaired) electrons. The summed E-state index contributed by atoms with van der Waals surface area (Å²) in [6.45, 7) is 1.25. The fourth-order valence-corrected chi connectivity index (χ4v) is 4.06. The van der Waals surface area contributed by atoms with Crippen LogP contribution in [0.25, 0.3) is 11.2 Å². The van der Waals surface area contributed by atoms with Crippen molar-refractivity contribution in [2.45, 2.75) is 13.1 Å². The third-order valence-electron chi connectivity index (χ3n) is 5.37. The highest BCUT2D eigenvalue weighted by Crippen LogP contribution is 2.32. The molecule has 1 aliphatic heterocycles. The van der Waals surface area contributed by atoms with Gasteiger partial charge in [0.15, 0.2) is 11.2 Å². The van der Waals surface area contributed by atoms with Gasteiger partial charge in [0, 0.05) is 30.8 Å². The molecular weight excluding hydrogens is 409 g/mol. The molecule has 0 spiro atoms. The van der Waals surface area contributed by atoms with Crippen molar-refractivity contribution in [3.8, 4) is 0 Å². The number of nitrogens with zero attached hydrogens (tertiary/aromatic N) is 5. The van der Waals surface area contributed by atoms with E-state index in [4.69, 9.17) is 11.6 Å². The second kappa shape index (κ2) is 6.84. The Labute approximate surface area is 175 Å². The van der Waals surface area contributed by atoms with Gasteiger partial charge in [-0.15, -0.1) is 0 Å². The van der Waals surface area contributed by atoms with E-state index in [1.165, 1.54) is 16.7 Å². The van der Waals surface area contributed by atoms with Gasteiger partial charge >= 0.3 is 5.69 Å². The number of aryl methyl sites for hydroxylation is 1. The summed E-state index contributed by atoms with van der Waals surface area (Å²) in [6, 6.07) is 13.2. The number of aromatic nitrogens is 4. The standard InChI is InChI=1S/C21H17ClFN5O2/c1-25-18-17(19(29)28(21(25)30)12-13-5-7-15(23)8-6-13)27-10-9-26(20(27)24-18)16-4-2-3-14(22)11-16/h2-8,11H,9-10,12H2,1H3. The van der Waals surface area contributed by atoms with E-state index in [-0.39, 0.29) is 12.4 Å². The lowest BCUT2D eigenvalue weighted by molar-refractivity contribution is 0.623. The number of halogens is 2. The maximum Gasteiger partial charge on any atom is 0.332 e. The Kier molecular flexibility index (Phi) is 4.25. The van der Waals surface area contributed by atoms with E-state index in [0.717, 1.165) is 10.3 Å². The summed E-state index contributed by atoms with van der Waals surface area (Å²) in [5.74, 6) is 0.225. The Balaban J connectivity index is 1.67. The van der Waals surface area contributed by atoms with Gasteiger partial charge in [-0.1, -0.05) is 29.8 Å². The molecule has 2 aromatic heterocycles. The number of hydrogen-bond acceptors (Lipinski definition) is 4. The van der Waals surface area contributed by atoms with E-state index in [9.17, 15) is 14.0 Å². The van der Waals surface area contributed by atoms with Crippen LogP contribution in [0.2, 0.25) is 5.02 Å². The monoisotopic (exact) mass is 425 g/mol. The Hall–Kier alpha value is -3.39. The van der Waals surface area contributed by atoms with E-state index in [1.54, 1.807) is 25.2 Å². The predicted molar refractivity (Wildman–Crippen MR) is 113 cm³/mol. The average molecular weight is 426 g/mol. The zero-order chi connectivity index (χ0) is 21.0. The minimum absolute atomic E-state index is 0.0558. The molecule has 0 atom stereocenters. The highest BCUT2D eigenvalue weighted by Gasteiger charge is 2.28. The highest BCUT2D eigenvalue weighted by atomic mass is 35.5. The van der Waals surface area contributed by atoms with E-state index in [0.29, 0.717) is 40.8 Å². The molecule has 9 heteroatoms. The number of fused-ring (bicyclic) bond motifs is 3. The SMILES string of the molecule is Cn1c(=O)n(Cc2ccc(F)cc2)c(=O)c2c1nc1n2CCN1c1cccc(Cl)c1. The summed E-state index contributed by atoms with van der Waals surface area (Å²) < 4.78 is 17.6. The molecule has 5 rings (SSSR count). The van der Waals surface area contributed by atoms with Crippen molar-refractivity contribution in [2.75, 3.05) is 11.4 Å². The van der Waals surface area contributed by atoms with Gasteiger partial charge in [0.25, 0.3) is 5.56 Å². The first-order valence-corrected chi connectivity index (χ1v) is 9.79. The van der Waals surface area contributed by atoms with Crippen LogP contribution >= 0.6 is 11.6 Å². The molecule has 7 nitrogen and oxygen atoms in total. The normalized spacial score (nSPS) is 13.2. The first-order chi connectivity index (χ1) is 14.4. The van der Waals surface area contributed by atoms with Crippen LogP contribution in [0.5, 0.6) is 0 Å². The molecule has 1 aliphatic rings. The molecule has 3 heterocycles. The van der Waals surface area contributed by atoms with Gasteiger partial charge in [0.05, 0.1) is 6.54 Å². The molecule has 152 valence electrons. The van der Waals surface area contributed by atoms with Gasteiger partial charge in [0.1, 0.15) is 5.82 Å². The molecule has 0 amide bonds. The van der Waals surface area contributed by atoms with Crippen molar-refractivity contribution >= 4 is 34.4 Å². The van der Waals surface area contributed by atoms with Crippen LogP contribution in [0.15, 0.2) is 58.1 Å². The maximum atomic E-state index is 13.3. The van der Waals surface area contributed by atoms with Crippen LogP contribution in [-0.4, -0.2) is 25.2 Å². The lowest BCUT2D eigenvalue weighted by atomic mass is 10.2. The minimum Gasteiger partial charge on any atom is -0.310 e. The third-order valence-corrected chi connectivity index (χ3v) is 5.61. The summed E-state index contributed by atoms with van der Waals surface area (Å²) in [5.41, 5.74) is 1.36. The molecule has 30 heavy (non-hydrogen) atoms. The van der Waals surface area contributed by atoms with Crippen LogP contribution in [0.1, 0.15) is 5.56 Å². The van der Waals surface area contributed by atoms with Crippen LogP contribution in [0.4, 0.5) is 16.0 Å². The fraction of sp³-hybridized carbons (Fsp3) is 0.190. The first kappa shape index (κ1) is 18.6. The summed E-state index contributed by atoms with van der Waals surface area (Å²) in [6.07, 6.45) is 0. The number of benzene rings is 2. The summed E-state index contributed by atoms with van der Waals surface area (Å²) in [5, 5.41) is 0.608. The van der Waals surface area contributed by atoms with Crippen LogP contribution in [0, 0.1) is 5.82 Å². The molecule has 0 bridgehead atoms. The van der Waals surface area contributed by atoms with Crippen molar-refractivity contribution in [3.63, 3.8) is 0 Å². The zero-order valence-electron chi connectivity index (χ0n) is 16.0. The van der Waals surface area contributed by atoms with Crippen LogP contribution < -0.4 is 16.1 Å². The maximum absolute atomic E-state index is 13.3. The fourth-order valence-electron chi connectivity index (χ4n) is 3.88. The summed E-state index contributed by atoms with van der Waals surface area (Å²) in [4.78, 5) is 32.7. The second-order valence-electron chi connectivity index (χ2n) is 7.23. The molecule has 0 saturated heterocycles. The molecule has 0 N–H and O–H groups in total. The molecule has 4 aromatic rings. The van der Waals surface area contributed by atoms with Crippen molar-refractivity contribution in [1.82, 2.24) is 18.7 Å². The van der Waals surface area contributed by atoms with Crippen molar-refractivity contribution in [3.05, 3.63) is 85.8 Å². The average Bonchev–Trinajstić information content (AvgIpc) is 3.30. The van der Waals surface area contributed by atoms with Gasteiger partial charge in [-0.05, 0) is 35.9 Å². The first-order valence-electron chi connectivity index (χ1n) is 9.41. The van der Waals surface area contributed by atoms with Crippen LogP contribution in [-0.2, 0) is 20.1 Å². The van der Waals surface area contributed by atoms with Gasteiger partial charge in [-0.2, -0.15) is 4.98 Å². The molecule has 0 fully saturated rings. The Bertz CT molecular complexity index is 1400. The highest BCUT2D eigenvalue weighted by molar-refractivity contribution is 6.30. The lowest BCUT2D eigenvalue weighted by Crippen LogP contribution is -2.40. The Morgan fingerprint density at radius 1 is 1.10 bits per heavy atom. The van der Waals surface area contributed by atoms with E-state index >= 15 is 0 Å². The van der Waals surface area contributed by atoms with Crippen molar-refractivity contribution in [1.29, 1.82) is 0 Å². The predicted octanol–water partition coefficient (Wildman–Crippen LogP) is 2.89. The topological polar surface area (TPSA) is 65.1 Å². The largest absolute Gasteiger partial charge is 0.332 e. The summed E-state index contributed by atoms with van der Waals surface area (Å²) >= 11 is 6.13. The second-order valence-corrected chi connectivity index (χ2v) is 7.66. The number of rotatable bonds is 3. The quantitative estimate of drug-likeness (QED) is 0.506. The van der Waals surface area contributed by atoms with E-state index < -0.39 is 11.2 Å². The molecule has 0 unspecified atom stereocenters. The third kappa shape index (κ3) is 2.83. The van der Waals surface area contributed by atoms with Gasteiger partial charge in [0.2, 0.25) is 5.95 Å². The van der Waals surface area contributed by atoms with Crippen LogP contribution in [0.3, 0.4) is 0 Å². The smallest absolute Gasteiger partial charge is 0.310 e. The summed E-state index contributed by atoms with van der Waals surface area (Å²) in [7, 11) is 1.59. The Morgan fingerprint density at radius 2 is 1.87 bits per heavy atom. The minimum atomic E-state index is -0.470. The zero-order valence-corrected chi connectivity index (χ0v) is 16.8. The molecular formula is C21H17ClFN5O2. The van der Waals surface area contributed by atoms with Gasteiger partial charge in [-0.25, -0.2) is 9.18 Å². The van der Waals surface area contributed by atoms with E-state index in [1.807, 2.05) is 27.7 Å². The number of imidazole rings is 1. The van der Waals surface area contributed by atoms with Crippen molar-refractivity contribution < 1.29 is 4.39 Å². The van der Waals surface area contributed by atoms with Gasteiger partial charge < -0.3 is 9.47 Å². The molecule has 0 aliphatic carbocycles.